The molecule has 1 heterocycles. The van der Waals surface area contributed by atoms with E-state index in [9.17, 15) is 9.59 Å². The summed E-state index contributed by atoms with van der Waals surface area (Å²) in [5.41, 5.74) is 0. The highest BCUT2D eigenvalue weighted by Gasteiger charge is 2.34. The van der Waals surface area contributed by atoms with E-state index in [1.165, 1.54) is 32.1 Å². The summed E-state index contributed by atoms with van der Waals surface area (Å²) in [5, 5.41) is 2.33. The second-order valence-electron chi connectivity index (χ2n) is 4.62. The number of nitrogens with one attached hydrogen (secondary N) is 1. The average Bonchev–Trinajstić information content (AvgIpc) is 2.58. The summed E-state index contributed by atoms with van der Waals surface area (Å²) in [7, 11) is 0. The molecule has 2 rings (SSSR count). The summed E-state index contributed by atoms with van der Waals surface area (Å²) >= 11 is 0. The molecule has 0 aromatic heterocycles. The molecular weight excluding hydrogens is 192 g/mol. The molecule has 4 nitrogen and oxygen atoms in total. The third-order valence-corrected chi connectivity index (χ3v) is 3.64. The molecule has 15 heavy (non-hydrogen) atoms. The van der Waals surface area contributed by atoms with Crippen LogP contribution in [-0.4, -0.2) is 29.4 Å². The van der Waals surface area contributed by atoms with Gasteiger partial charge < -0.3 is 4.90 Å². The topological polar surface area (TPSA) is 49.4 Å². The molecule has 1 N–H and O–H groups in total. The smallest absolute Gasteiger partial charge is 0.312 e. The van der Waals surface area contributed by atoms with Gasteiger partial charge in [-0.15, -0.1) is 0 Å². The Bertz CT molecular complexity index is 272. The second kappa shape index (κ2) is 4.21. The maximum atomic E-state index is 11.5. The third-order valence-electron chi connectivity index (χ3n) is 3.64. The number of imide groups is 1. The number of nitrogens with zero attached hydrogens (tertiary/aromatic N) is 1. The van der Waals surface area contributed by atoms with Crippen LogP contribution in [0.5, 0.6) is 0 Å². The Morgan fingerprint density at radius 3 is 2.47 bits per heavy atom. The molecule has 4 heteroatoms. The van der Waals surface area contributed by atoms with Gasteiger partial charge in [0.25, 0.3) is 0 Å². The Labute approximate surface area is 90.0 Å². The number of carbonyl (C=O) groups excluding carboxylic acids is 2. The Kier molecular flexibility index (Phi) is 2.93. The molecule has 2 aliphatic rings. The van der Waals surface area contributed by atoms with E-state index < -0.39 is 0 Å². The van der Waals surface area contributed by atoms with E-state index in [4.69, 9.17) is 0 Å². The van der Waals surface area contributed by atoms with Crippen molar-refractivity contribution < 1.29 is 9.59 Å². The fraction of sp³-hybridized carbons (Fsp3) is 0.818. The Hall–Kier alpha value is -1.06. The van der Waals surface area contributed by atoms with Crippen LogP contribution in [0.3, 0.4) is 0 Å². The van der Waals surface area contributed by atoms with E-state index in [0.717, 1.165) is 0 Å². The minimum absolute atomic E-state index is 0.164. The van der Waals surface area contributed by atoms with Gasteiger partial charge in [-0.25, -0.2) is 4.79 Å². The number of carbonyl (C=O) groups is 2. The zero-order valence-electron chi connectivity index (χ0n) is 9.16. The monoisotopic (exact) mass is 210 g/mol. The number of urea groups is 1. The predicted molar refractivity (Wildman–Crippen MR) is 56.3 cm³/mol. The molecule has 2 fully saturated rings. The summed E-state index contributed by atoms with van der Waals surface area (Å²) in [4.78, 5) is 24.2. The zero-order chi connectivity index (χ0) is 10.8. The van der Waals surface area contributed by atoms with Crippen LogP contribution in [0.4, 0.5) is 4.79 Å². The summed E-state index contributed by atoms with van der Waals surface area (Å²) in [5.74, 6) is 0.415. The van der Waals surface area contributed by atoms with Crippen molar-refractivity contribution in [2.75, 3.05) is 6.54 Å². The van der Waals surface area contributed by atoms with Crippen LogP contribution in [0.25, 0.3) is 0 Å². The van der Waals surface area contributed by atoms with Crippen molar-refractivity contribution in [1.29, 1.82) is 0 Å². The normalized spacial score (nSPS) is 25.5. The maximum absolute atomic E-state index is 11.5. The van der Waals surface area contributed by atoms with Crippen LogP contribution >= 0.6 is 0 Å². The van der Waals surface area contributed by atoms with Crippen LogP contribution in [-0.2, 0) is 4.79 Å². The van der Waals surface area contributed by atoms with Gasteiger partial charge in [0, 0.05) is 6.04 Å². The SMILES string of the molecule is CC(C1CCCCC1)N1CC(=O)NC1=O. The van der Waals surface area contributed by atoms with Crippen molar-refractivity contribution >= 4 is 11.9 Å². The number of rotatable bonds is 2. The van der Waals surface area contributed by atoms with Crippen LogP contribution in [0.1, 0.15) is 39.0 Å². The van der Waals surface area contributed by atoms with Gasteiger partial charge in [0.05, 0.1) is 0 Å². The Balaban J connectivity index is 1.97. The van der Waals surface area contributed by atoms with Gasteiger partial charge in [-0.2, -0.15) is 0 Å². The fourth-order valence-corrected chi connectivity index (χ4v) is 2.66. The molecule has 1 saturated carbocycles. The van der Waals surface area contributed by atoms with Gasteiger partial charge in [0.1, 0.15) is 6.54 Å². The minimum atomic E-state index is -0.210. The fourth-order valence-electron chi connectivity index (χ4n) is 2.66. The second-order valence-corrected chi connectivity index (χ2v) is 4.62. The lowest BCUT2D eigenvalue weighted by atomic mass is 9.84. The lowest BCUT2D eigenvalue weighted by Crippen LogP contribution is -2.41. The molecule has 84 valence electrons. The van der Waals surface area contributed by atoms with Crippen molar-refractivity contribution in [3.8, 4) is 0 Å². The largest absolute Gasteiger partial charge is 0.324 e. The first kappa shape index (κ1) is 10.5. The lowest BCUT2D eigenvalue weighted by molar-refractivity contribution is -0.118. The van der Waals surface area contributed by atoms with E-state index in [0.29, 0.717) is 5.92 Å². The molecule has 1 saturated heterocycles. The summed E-state index contributed by atoms with van der Waals surface area (Å²) < 4.78 is 0. The van der Waals surface area contributed by atoms with Gasteiger partial charge in [-0.1, -0.05) is 19.3 Å². The standard InChI is InChI=1S/C11H18N2O2/c1-8(9-5-3-2-4-6-9)13-7-10(14)12-11(13)15/h8-9H,2-7H2,1H3,(H,12,14,15). The minimum Gasteiger partial charge on any atom is -0.312 e. The molecule has 0 bridgehead atoms. The molecule has 1 unspecified atom stereocenters. The van der Waals surface area contributed by atoms with E-state index in [1.54, 1.807) is 4.90 Å². The predicted octanol–water partition coefficient (Wildman–Crippen LogP) is 1.51. The van der Waals surface area contributed by atoms with Crippen molar-refractivity contribution in [1.82, 2.24) is 10.2 Å². The van der Waals surface area contributed by atoms with Gasteiger partial charge in [0.15, 0.2) is 0 Å². The highest BCUT2D eigenvalue weighted by atomic mass is 16.2. The molecule has 0 aromatic carbocycles. The first-order valence-corrected chi connectivity index (χ1v) is 5.79. The van der Waals surface area contributed by atoms with E-state index in [1.807, 2.05) is 0 Å². The van der Waals surface area contributed by atoms with Crippen molar-refractivity contribution in [2.24, 2.45) is 5.92 Å². The van der Waals surface area contributed by atoms with Gasteiger partial charge in [-0.05, 0) is 25.7 Å². The molecular formula is C11H18N2O2. The molecule has 0 radical (unpaired) electrons. The van der Waals surface area contributed by atoms with E-state index in [2.05, 4.69) is 12.2 Å². The van der Waals surface area contributed by atoms with Crippen molar-refractivity contribution in [3.63, 3.8) is 0 Å². The number of hydrogen-bond donors (Lipinski definition) is 1. The van der Waals surface area contributed by atoms with Gasteiger partial charge in [-0.3, -0.25) is 10.1 Å². The number of amides is 3. The molecule has 0 spiro atoms. The maximum Gasteiger partial charge on any atom is 0.324 e. The third kappa shape index (κ3) is 2.13. The highest BCUT2D eigenvalue weighted by molar-refractivity contribution is 6.02. The highest BCUT2D eigenvalue weighted by Crippen LogP contribution is 2.29. The molecule has 1 atom stereocenters. The first-order valence-electron chi connectivity index (χ1n) is 5.79. The number of hydrogen-bond acceptors (Lipinski definition) is 2. The van der Waals surface area contributed by atoms with Gasteiger partial charge >= 0.3 is 6.03 Å². The Morgan fingerprint density at radius 1 is 1.27 bits per heavy atom. The summed E-state index contributed by atoms with van der Waals surface area (Å²) in [6.07, 6.45) is 6.23. The quantitative estimate of drug-likeness (QED) is 0.702. The van der Waals surface area contributed by atoms with Crippen LogP contribution in [0.15, 0.2) is 0 Å². The van der Waals surface area contributed by atoms with Crippen LogP contribution in [0, 0.1) is 5.92 Å². The average molecular weight is 210 g/mol. The zero-order valence-corrected chi connectivity index (χ0v) is 9.16. The van der Waals surface area contributed by atoms with Crippen molar-refractivity contribution in [3.05, 3.63) is 0 Å². The molecule has 0 aromatic rings. The first-order chi connectivity index (χ1) is 7.18. The van der Waals surface area contributed by atoms with E-state index in [-0.39, 0.29) is 24.5 Å². The molecule has 1 aliphatic carbocycles. The molecule has 1 aliphatic heterocycles. The Morgan fingerprint density at radius 2 is 1.93 bits per heavy atom. The lowest BCUT2D eigenvalue weighted by Gasteiger charge is -2.32. The molecule has 3 amide bonds. The van der Waals surface area contributed by atoms with Crippen molar-refractivity contribution in [2.45, 2.75) is 45.1 Å². The van der Waals surface area contributed by atoms with Crippen LogP contribution < -0.4 is 5.32 Å². The van der Waals surface area contributed by atoms with Gasteiger partial charge in [0.2, 0.25) is 5.91 Å². The summed E-state index contributed by atoms with van der Waals surface area (Å²) in [6, 6.07) is -0.00479. The van der Waals surface area contributed by atoms with Crippen LogP contribution in [0.2, 0.25) is 0 Å². The van der Waals surface area contributed by atoms with E-state index >= 15 is 0 Å². The summed E-state index contributed by atoms with van der Waals surface area (Å²) in [6.45, 7) is 2.31.